The van der Waals surface area contributed by atoms with Gasteiger partial charge in [-0.25, -0.2) is 0 Å². The molecule has 0 aliphatic heterocycles. The molecular formula is C14H14BrNS. The van der Waals surface area contributed by atoms with Gasteiger partial charge in [0.2, 0.25) is 0 Å². The minimum atomic E-state index is 0.888. The third-order valence-electron chi connectivity index (χ3n) is 2.35. The van der Waals surface area contributed by atoms with E-state index in [-0.39, 0.29) is 0 Å². The van der Waals surface area contributed by atoms with Crippen molar-refractivity contribution in [1.29, 1.82) is 0 Å². The number of benzene rings is 1. The fourth-order valence-electron chi connectivity index (χ4n) is 1.48. The lowest BCUT2D eigenvalue weighted by Crippen LogP contribution is -2.11. The highest BCUT2D eigenvalue weighted by atomic mass is 79.9. The van der Waals surface area contributed by atoms with Crippen LogP contribution in [-0.2, 0) is 6.54 Å². The monoisotopic (exact) mass is 307 g/mol. The predicted molar refractivity (Wildman–Crippen MR) is 79.2 cm³/mol. The Morgan fingerprint density at radius 3 is 2.71 bits per heavy atom. The molecule has 0 spiro atoms. The second kappa shape index (κ2) is 6.74. The summed E-state index contributed by atoms with van der Waals surface area (Å²) in [5, 5.41) is 5.49. The average Bonchev–Trinajstić information content (AvgIpc) is 2.76. The van der Waals surface area contributed by atoms with E-state index in [1.165, 1.54) is 14.9 Å². The fraction of sp³-hybridized carbons (Fsp3) is 0.143. The van der Waals surface area contributed by atoms with Crippen molar-refractivity contribution < 1.29 is 0 Å². The lowest BCUT2D eigenvalue weighted by Gasteiger charge is -1.99. The van der Waals surface area contributed by atoms with Gasteiger partial charge in [-0.05, 0) is 32.9 Å². The maximum absolute atomic E-state index is 3.52. The lowest BCUT2D eigenvalue weighted by molar-refractivity contribution is 0.769. The first kappa shape index (κ1) is 12.6. The molecule has 2 rings (SSSR count). The van der Waals surface area contributed by atoms with E-state index in [1.807, 2.05) is 6.07 Å². The standard InChI is InChI=1S/C14H14BrNS/c15-13-8-10-17-14(13)11-16-9-4-7-12-5-2-1-3-6-12/h1-8,10,16H,9,11H2. The van der Waals surface area contributed by atoms with Crippen molar-refractivity contribution in [2.45, 2.75) is 6.54 Å². The molecule has 3 heteroatoms. The first-order valence-electron chi connectivity index (χ1n) is 5.50. The normalized spacial score (nSPS) is 11.1. The third kappa shape index (κ3) is 4.11. The molecule has 2 aromatic rings. The first-order valence-corrected chi connectivity index (χ1v) is 7.18. The maximum atomic E-state index is 3.52. The van der Waals surface area contributed by atoms with E-state index < -0.39 is 0 Å². The minimum Gasteiger partial charge on any atom is -0.308 e. The summed E-state index contributed by atoms with van der Waals surface area (Å²) < 4.78 is 1.20. The summed E-state index contributed by atoms with van der Waals surface area (Å²) in [5.74, 6) is 0. The van der Waals surface area contributed by atoms with Crippen LogP contribution in [0.3, 0.4) is 0 Å². The zero-order valence-corrected chi connectivity index (χ0v) is 11.8. The van der Waals surface area contributed by atoms with Gasteiger partial charge in [-0.2, -0.15) is 0 Å². The average molecular weight is 308 g/mol. The van der Waals surface area contributed by atoms with E-state index in [1.54, 1.807) is 11.3 Å². The quantitative estimate of drug-likeness (QED) is 0.812. The van der Waals surface area contributed by atoms with E-state index >= 15 is 0 Å². The molecule has 88 valence electrons. The predicted octanol–water partition coefficient (Wildman–Crippen LogP) is 4.31. The summed E-state index contributed by atoms with van der Waals surface area (Å²) in [5.41, 5.74) is 1.24. The molecule has 0 saturated heterocycles. The van der Waals surface area contributed by atoms with Crippen LogP contribution in [0.1, 0.15) is 10.4 Å². The third-order valence-corrected chi connectivity index (χ3v) is 4.28. The molecule has 0 aliphatic rings. The summed E-state index contributed by atoms with van der Waals surface area (Å²) in [7, 11) is 0. The molecule has 0 radical (unpaired) electrons. The second-order valence-corrected chi connectivity index (χ2v) is 5.49. The molecule has 0 bridgehead atoms. The molecular weight excluding hydrogens is 294 g/mol. The van der Waals surface area contributed by atoms with Crippen molar-refractivity contribution in [3.8, 4) is 0 Å². The number of rotatable bonds is 5. The zero-order chi connectivity index (χ0) is 11.9. The Morgan fingerprint density at radius 1 is 1.18 bits per heavy atom. The van der Waals surface area contributed by atoms with Gasteiger partial charge in [-0.3, -0.25) is 0 Å². The van der Waals surface area contributed by atoms with Crippen LogP contribution in [0.25, 0.3) is 6.08 Å². The Balaban J connectivity index is 1.74. The molecule has 0 unspecified atom stereocenters. The molecule has 0 fully saturated rings. The summed E-state index contributed by atoms with van der Waals surface area (Å²) in [6.45, 7) is 1.80. The highest BCUT2D eigenvalue weighted by molar-refractivity contribution is 9.10. The van der Waals surface area contributed by atoms with Crippen LogP contribution < -0.4 is 5.32 Å². The zero-order valence-electron chi connectivity index (χ0n) is 9.40. The summed E-state index contributed by atoms with van der Waals surface area (Å²) in [6.07, 6.45) is 4.29. The van der Waals surface area contributed by atoms with Crippen LogP contribution in [-0.4, -0.2) is 6.54 Å². The first-order chi connectivity index (χ1) is 8.36. The van der Waals surface area contributed by atoms with Gasteiger partial charge in [0.15, 0.2) is 0 Å². The molecule has 17 heavy (non-hydrogen) atoms. The second-order valence-electron chi connectivity index (χ2n) is 3.64. The van der Waals surface area contributed by atoms with Crippen molar-refractivity contribution in [3.05, 3.63) is 62.8 Å². The summed E-state index contributed by atoms with van der Waals surface area (Å²) >= 11 is 5.30. The van der Waals surface area contributed by atoms with E-state index in [0.717, 1.165) is 13.1 Å². The van der Waals surface area contributed by atoms with Gasteiger partial charge in [0.05, 0.1) is 0 Å². The van der Waals surface area contributed by atoms with Gasteiger partial charge < -0.3 is 5.32 Å². The maximum Gasteiger partial charge on any atom is 0.0327 e. The molecule has 1 nitrogen and oxygen atoms in total. The number of nitrogens with one attached hydrogen (secondary N) is 1. The molecule has 1 N–H and O–H groups in total. The smallest absolute Gasteiger partial charge is 0.0327 e. The lowest BCUT2D eigenvalue weighted by atomic mass is 10.2. The van der Waals surface area contributed by atoms with Gasteiger partial charge in [0.25, 0.3) is 0 Å². The van der Waals surface area contributed by atoms with Crippen LogP contribution in [0, 0.1) is 0 Å². The molecule has 0 aliphatic carbocycles. The Morgan fingerprint density at radius 2 is 2.00 bits per heavy atom. The molecule has 1 aromatic heterocycles. The van der Waals surface area contributed by atoms with Crippen LogP contribution in [0.5, 0.6) is 0 Å². The van der Waals surface area contributed by atoms with E-state index in [0.29, 0.717) is 0 Å². The van der Waals surface area contributed by atoms with Crippen LogP contribution in [0.4, 0.5) is 0 Å². The number of hydrogen-bond acceptors (Lipinski definition) is 2. The van der Waals surface area contributed by atoms with Gasteiger partial charge in [0.1, 0.15) is 0 Å². The van der Waals surface area contributed by atoms with E-state index in [9.17, 15) is 0 Å². The van der Waals surface area contributed by atoms with Crippen molar-refractivity contribution in [1.82, 2.24) is 5.32 Å². The van der Waals surface area contributed by atoms with Crippen molar-refractivity contribution >= 4 is 33.3 Å². The van der Waals surface area contributed by atoms with Gasteiger partial charge in [-0.1, -0.05) is 42.5 Å². The van der Waals surface area contributed by atoms with Crippen LogP contribution in [0.15, 0.2) is 52.3 Å². The summed E-state index contributed by atoms with van der Waals surface area (Å²) in [4.78, 5) is 1.35. The Hall–Kier alpha value is -0.900. The van der Waals surface area contributed by atoms with E-state index in [4.69, 9.17) is 0 Å². The van der Waals surface area contributed by atoms with Gasteiger partial charge >= 0.3 is 0 Å². The largest absolute Gasteiger partial charge is 0.308 e. The Kier molecular flexibility index (Phi) is 4.98. The summed E-state index contributed by atoms with van der Waals surface area (Å²) in [6, 6.07) is 12.4. The number of halogens is 1. The highest BCUT2D eigenvalue weighted by Crippen LogP contribution is 2.21. The van der Waals surface area contributed by atoms with Crippen LogP contribution >= 0.6 is 27.3 Å². The van der Waals surface area contributed by atoms with Gasteiger partial charge in [0, 0.05) is 22.4 Å². The minimum absolute atomic E-state index is 0.888. The van der Waals surface area contributed by atoms with E-state index in [2.05, 4.69) is 69.1 Å². The molecule has 1 heterocycles. The van der Waals surface area contributed by atoms with Gasteiger partial charge in [-0.15, -0.1) is 11.3 Å². The van der Waals surface area contributed by atoms with Crippen molar-refractivity contribution in [2.75, 3.05) is 6.54 Å². The van der Waals surface area contributed by atoms with Crippen molar-refractivity contribution in [2.24, 2.45) is 0 Å². The Bertz CT molecular complexity index is 476. The SMILES string of the molecule is Brc1ccsc1CNCC=Cc1ccccc1. The molecule has 0 atom stereocenters. The highest BCUT2D eigenvalue weighted by Gasteiger charge is 1.98. The van der Waals surface area contributed by atoms with Crippen molar-refractivity contribution in [3.63, 3.8) is 0 Å². The molecule has 0 amide bonds. The topological polar surface area (TPSA) is 12.0 Å². The Labute approximate surface area is 114 Å². The number of thiophene rings is 1. The number of hydrogen-bond donors (Lipinski definition) is 1. The molecule has 1 aromatic carbocycles. The molecule has 0 saturated carbocycles. The fourth-order valence-corrected chi connectivity index (χ4v) is 2.94. The van der Waals surface area contributed by atoms with Crippen LogP contribution in [0.2, 0.25) is 0 Å².